The second kappa shape index (κ2) is 5.95. The van der Waals surface area contributed by atoms with Crippen LogP contribution in [0.25, 0.3) is 0 Å². The van der Waals surface area contributed by atoms with Gasteiger partial charge in [-0.15, -0.1) is 0 Å². The number of nitrogens with zero attached hydrogens (tertiary/aromatic N) is 1. The highest BCUT2D eigenvalue weighted by atomic mass is 35.5. The number of para-hydroxylation sites is 1. The maximum absolute atomic E-state index is 12.5. The first kappa shape index (κ1) is 16.0. The van der Waals surface area contributed by atoms with Crippen LogP contribution in [0, 0.1) is 0 Å². The van der Waals surface area contributed by atoms with Gasteiger partial charge < -0.3 is 0 Å². The predicted octanol–water partition coefficient (Wildman–Crippen LogP) is 5.76. The van der Waals surface area contributed by atoms with E-state index in [4.69, 9.17) is 11.6 Å². The Kier molecular flexibility index (Phi) is 5.02. The van der Waals surface area contributed by atoms with Crippen LogP contribution in [0.15, 0.2) is 23.2 Å². The largest absolute Gasteiger partial charge is 0.444 e. The topological polar surface area (TPSA) is 12.4 Å². The molecule has 1 rings (SSSR count). The molecule has 1 nitrogen and oxygen atoms in total. The molecule has 0 saturated heterocycles. The molecule has 19 heavy (non-hydrogen) atoms. The van der Waals surface area contributed by atoms with Crippen LogP contribution in [0.1, 0.15) is 50.7 Å². The van der Waals surface area contributed by atoms with Gasteiger partial charge in [0.05, 0.1) is 5.69 Å². The van der Waals surface area contributed by atoms with Gasteiger partial charge in [-0.1, -0.05) is 57.5 Å². The van der Waals surface area contributed by atoms with E-state index in [1.54, 1.807) is 12.1 Å². The Morgan fingerprint density at radius 1 is 1.05 bits per heavy atom. The Bertz CT molecular complexity index is 450. The normalized spacial score (nSPS) is 13.5. The number of hydrogen-bond donors (Lipinski definition) is 0. The van der Waals surface area contributed by atoms with Crippen LogP contribution in [-0.4, -0.2) is 11.3 Å². The fourth-order valence-electron chi connectivity index (χ4n) is 1.80. The van der Waals surface area contributed by atoms with Crippen molar-refractivity contribution in [2.45, 2.75) is 45.7 Å². The molecule has 5 heteroatoms. The van der Waals surface area contributed by atoms with Crippen molar-refractivity contribution in [3.8, 4) is 0 Å². The molecule has 0 aliphatic heterocycles. The molecule has 0 amide bonds. The lowest BCUT2D eigenvalue weighted by Crippen LogP contribution is -2.17. The Morgan fingerprint density at radius 3 is 1.79 bits per heavy atom. The average molecular weight is 292 g/mol. The van der Waals surface area contributed by atoms with Crippen molar-refractivity contribution < 1.29 is 13.2 Å². The summed E-state index contributed by atoms with van der Waals surface area (Å²) in [6, 6.07) is 5.41. The minimum atomic E-state index is -4.61. The van der Waals surface area contributed by atoms with Crippen molar-refractivity contribution in [3.63, 3.8) is 0 Å². The monoisotopic (exact) mass is 291 g/mol. The van der Waals surface area contributed by atoms with Crippen LogP contribution >= 0.6 is 11.6 Å². The molecule has 0 aromatic heterocycles. The molecule has 0 unspecified atom stereocenters. The fraction of sp³-hybridized carbons (Fsp3) is 0.500. The van der Waals surface area contributed by atoms with Gasteiger partial charge in [0.2, 0.25) is 5.17 Å². The van der Waals surface area contributed by atoms with Crippen LogP contribution < -0.4 is 0 Å². The maximum atomic E-state index is 12.5. The maximum Gasteiger partial charge on any atom is 0.444 e. The zero-order valence-corrected chi connectivity index (χ0v) is 12.1. The van der Waals surface area contributed by atoms with Crippen molar-refractivity contribution in [3.05, 3.63) is 29.3 Å². The lowest BCUT2D eigenvalue weighted by molar-refractivity contribution is -0.0558. The van der Waals surface area contributed by atoms with Crippen LogP contribution in [0.2, 0.25) is 0 Å². The van der Waals surface area contributed by atoms with Gasteiger partial charge in [0, 0.05) is 0 Å². The number of aliphatic imine (C=N–C) groups is 1. The summed E-state index contributed by atoms with van der Waals surface area (Å²) < 4.78 is 37.6. The van der Waals surface area contributed by atoms with Gasteiger partial charge in [-0.2, -0.15) is 13.2 Å². The lowest BCUT2D eigenvalue weighted by atomic mass is 9.93. The minimum Gasteiger partial charge on any atom is -0.232 e. The van der Waals surface area contributed by atoms with E-state index in [-0.39, 0.29) is 11.8 Å². The Hall–Kier alpha value is -1.03. The standard InChI is InChI=1S/C14H17ClF3N/c1-8(2)10-6-5-7-11(9(3)4)12(10)19-13(15)14(16,17)18/h5-9H,1-4H3/b19-13+. The average Bonchev–Trinajstić information content (AvgIpc) is 2.27. The molecule has 0 radical (unpaired) electrons. The van der Waals surface area contributed by atoms with E-state index in [0.717, 1.165) is 11.1 Å². The second-order valence-electron chi connectivity index (χ2n) is 4.99. The van der Waals surface area contributed by atoms with Crippen molar-refractivity contribution in [1.82, 2.24) is 0 Å². The first-order valence-corrected chi connectivity index (χ1v) is 6.46. The SMILES string of the molecule is CC(C)c1cccc(C(C)C)c1/N=C(/Cl)C(F)(F)F. The number of alkyl halides is 3. The third-order valence-corrected chi connectivity index (χ3v) is 3.09. The van der Waals surface area contributed by atoms with E-state index in [9.17, 15) is 13.2 Å². The molecule has 0 aliphatic rings. The number of benzene rings is 1. The Morgan fingerprint density at radius 2 is 1.47 bits per heavy atom. The molecule has 0 atom stereocenters. The van der Waals surface area contributed by atoms with Crippen LogP contribution in [0.3, 0.4) is 0 Å². The van der Waals surface area contributed by atoms with Crippen molar-refractivity contribution in [2.75, 3.05) is 0 Å². The van der Waals surface area contributed by atoms with Crippen molar-refractivity contribution >= 4 is 22.5 Å². The van der Waals surface area contributed by atoms with Gasteiger partial charge in [0.25, 0.3) is 0 Å². The van der Waals surface area contributed by atoms with E-state index in [0.29, 0.717) is 5.69 Å². The van der Waals surface area contributed by atoms with Gasteiger partial charge >= 0.3 is 6.18 Å². The third kappa shape index (κ3) is 3.96. The van der Waals surface area contributed by atoms with Gasteiger partial charge in [-0.3, -0.25) is 0 Å². The highest BCUT2D eigenvalue weighted by molar-refractivity contribution is 6.67. The summed E-state index contributed by atoms with van der Waals surface area (Å²) >= 11 is 5.27. The second-order valence-corrected chi connectivity index (χ2v) is 5.35. The van der Waals surface area contributed by atoms with E-state index >= 15 is 0 Å². The van der Waals surface area contributed by atoms with Gasteiger partial charge in [-0.05, 0) is 23.0 Å². The summed E-state index contributed by atoms with van der Waals surface area (Å²) in [5.74, 6) is 0.158. The molecule has 0 spiro atoms. The lowest BCUT2D eigenvalue weighted by Gasteiger charge is -2.17. The summed E-state index contributed by atoms with van der Waals surface area (Å²) in [5, 5.41) is -1.33. The van der Waals surface area contributed by atoms with Crippen LogP contribution in [0.4, 0.5) is 18.9 Å². The first-order chi connectivity index (χ1) is 8.64. The van der Waals surface area contributed by atoms with E-state index in [1.165, 1.54) is 0 Å². The molecule has 1 aromatic carbocycles. The van der Waals surface area contributed by atoms with Gasteiger partial charge in [0.1, 0.15) is 0 Å². The molecule has 1 aromatic rings. The zero-order valence-electron chi connectivity index (χ0n) is 11.3. The molecule has 0 bridgehead atoms. The number of halogens is 4. The van der Waals surface area contributed by atoms with Crippen molar-refractivity contribution in [1.29, 1.82) is 0 Å². The molecule has 0 saturated carbocycles. The van der Waals surface area contributed by atoms with E-state index in [2.05, 4.69) is 4.99 Å². The molecule has 0 heterocycles. The molecular formula is C14H17ClF3N. The Labute approximate surface area is 116 Å². The summed E-state index contributed by atoms with van der Waals surface area (Å²) in [5.41, 5.74) is 1.89. The summed E-state index contributed by atoms with van der Waals surface area (Å²) in [6.07, 6.45) is -4.61. The highest BCUT2D eigenvalue weighted by Gasteiger charge is 2.35. The van der Waals surface area contributed by atoms with E-state index in [1.807, 2.05) is 33.8 Å². The predicted molar refractivity (Wildman–Crippen MR) is 73.6 cm³/mol. The summed E-state index contributed by atoms with van der Waals surface area (Å²) in [4.78, 5) is 3.63. The third-order valence-electron chi connectivity index (χ3n) is 2.79. The summed E-state index contributed by atoms with van der Waals surface area (Å²) in [6.45, 7) is 7.67. The van der Waals surface area contributed by atoms with Crippen LogP contribution in [-0.2, 0) is 0 Å². The van der Waals surface area contributed by atoms with Gasteiger partial charge in [-0.25, -0.2) is 4.99 Å². The molecule has 106 valence electrons. The Balaban J connectivity index is 3.46. The first-order valence-electron chi connectivity index (χ1n) is 6.08. The van der Waals surface area contributed by atoms with Gasteiger partial charge in [0.15, 0.2) is 0 Å². The highest BCUT2D eigenvalue weighted by Crippen LogP contribution is 2.36. The van der Waals surface area contributed by atoms with E-state index < -0.39 is 11.3 Å². The molecular weight excluding hydrogens is 275 g/mol. The summed E-state index contributed by atoms with van der Waals surface area (Å²) in [7, 11) is 0. The minimum absolute atomic E-state index is 0.0788. The number of rotatable bonds is 3. The zero-order chi connectivity index (χ0) is 14.8. The molecule has 0 aliphatic carbocycles. The van der Waals surface area contributed by atoms with Crippen LogP contribution in [0.5, 0.6) is 0 Å². The molecule has 0 fully saturated rings. The smallest absolute Gasteiger partial charge is 0.232 e. The quantitative estimate of drug-likeness (QED) is 0.627. The number of hydrogen-bond acceptors (Lipinski definition) is 1. The fourth-order valence-corrected chi connectivity index (χ4v) is 1.89. The van der Waals surface area contributed by atoms with Crippen molar-refractivity contribution in [2.24, 2.45) is 4.99 Å². The molecule has 0 N–H and O–H groups in total.